The van der Waals surface area contributed by atoms with Crippen LogP contribution in [0.15, 0.2) is 24.3 Å². The standard InChI is InChI=1S/C22H32N2O.H2/c1-16(18-7-3-4-8-18)24-13-11-22(12-14-24)15-21(23-17(2)25)19-9-5-6-10-20(19)22;/h5-6,9-10,16,18,21H,3-4,7-8,11-15H2,1-2H3,(H,23,25);1H. The minimum absolute atomic E-state index is 0. The molecule has 25 heavy (non-hydrogen) atoms. The van der Waals surface area contributed by atoms with Gasteiger partial charge >= 0.3 is 0 Å². The van der Waals surface area contributed by atoms with Crippen LogP contribution in [-0.4, -0.2) is 29.9 Å². The molecule has 2 fully saturated rings. The highest BCUT2D eigenvalue weighted by molar-refractivity contribution is 5.73. The van der Waals surface area contributed by atoms with Crippen molar-refractivity contribution in [2.24, 2.45) is 5.92 Å². The predicted molar refractivity (Wildman–Crippen MR) is 104 cm³/mol. The van der Waals surface area contributed by atoms with E-state index in [1.165, 1.54) is 62.7 Å². The van der Waals surface area contributed by atoms with Crippen LogP contribution < -0.4 is 5.32 Å². The van der Waals surface area contributed by atoms with E-state index in [2.05, 4.69) is 41.4 Å². The molecule has 1 amide bonds. The van der Waals surface area contributed by atoms with Crippen LogP contribution in [0.25, 0.3) is 0 Å². The van der Waals surface area contributed by atoms with Crippen molar-refractivity contribution in [1.29, 1.82) is 0 Å². The first-order valence-corrected chi connectivity index (χ1v) is 10.2. The zero-order valence-corrected chi connectivity index (χ0v) is 15.8. The van der Waals surface area contributed by atoms with Crippen LogP contribution in [0.3, 0.4) is 0 Å². The van der Waals surface area contributed by atoms with Crippen LogP contribution in [0.4, 0.5) is 0 Å². The topological polar surface area (TPSA) is 32.3 Å². The second-order valence-electron chi connectivity index (χ2n) is 8.65. The molecular formula is C22H34N2O. The third kappa shape index (κ3) is 3.12. The number of likely N-dealkylation sites (tertiary alicyclic amines) is 1. The minimum Gasteiger partial charge on any atom is -0.349 e. The fourth-order valence-electron chi connectivity index (χ4n) is 5.84. The van der Waals surface area contributed by atoms with Crippen molar-refractivity contribution in [3.05, 3.63) is 35.4 Å². The normalized spacial score (nSPS) is 27.4. The Morgan fingerprint density at radius 1 is 1.24 bits per heavy atom. The number of hydrogen-bond acceptors (Lipinski definition) is 2. The molecule has 3 nitrogen and oxygen atoms in total. The Balaban J connectivity index is 0.00000196. The maximum absolute atomic E-state index is 11.6. The number of carbonyl (C=O) groups excluding carboxylic acids is 1. The first-order chi connectivity index (χ1) is 12.1. The number of nitrogens with one attached hydrogen (secondary N) is 1. The maximum Gasteiger partial charge on any atom is 0.217 e. The van der Waals surface area contributed by atoms with Gasteiger partial charge < -0.3 is 10.2 Å². The third-order valence-electron chi connectivity index (χ3n) is 7.29. The fourth-order valence-corrected chi connectivity index (χ4v) is 5.84. The predicted octanol–water partition coefficient (Wildman–Crippen LogP) is 4.43. The Bertz CT molecular complexity index is 633. The van der Waals surface area contributed by atoms with E-state index in [-0.39, 0.29) is 18.8 Å². The summed E-state index contributed by atoms with van der Waals surface area (Å²) in [5.74, 6) is 1.00. The molecule has 3 heteroatoms. The molecule has 1 spiro atoms. The summed E-state index contributed by atoms with van der Waals surface area (Å²) in [6.45, 7) is 6.51. The number of rotatable bonds is 3. The van der Waals surface area contributed by atoms with Crippen molar-refractivity contribution in [1.82, 2.24) is 10.2 Å². The van der Waals surface area contributed by atoms with Crippen molar-refractivity contribution in [3.8, 4) is 0 Å². The van der Waals surface area contributed by atoms with Gasteiger partial charge in [0.2, 0.25) is 5.91 Å². The molecule has 1 aliphatic heterocycles. The summed E-state index contributed by atoms with van der Waals surface area (Å²) in [4.78, 5) is 14.4. The van der Waals surface area contributed by atoms with Crippen LogP contribution in [0.2, 0.25) is 0 Å². The number of benzene rings is 1. The van der Waals surface area contributed by atoms with Gasteiger partial charge in [-0.05, 0) is 69.2 Å². The molecule has 0 radical (unpaired) electrons. The molecule has 3 aliphatic rings. The molecule has 138 valence electrons. The summed E-state index contributed by atoms with van der Waals surface area (Å²) in [7, 11) is 0. The molecule has 4 rings (SSSR count). The van der Waals surface area contributed by atoms with E-state index < -0.39 is 0 Å². The molecule has 2 atom stereocenters. The summed E-state index contributed by atoms with van der Waals surface area (Å²) in [6.07, 6.45) is 9.26. The van der Waals surface area contributed by atoms with Crippen LogP contribution in [0.5, 0.6) is 0 Å². The van der Waals surface area contributed by atoms with Gasteiger partial charge in [-0.15, -0.1) is 0 Å². The van der Waals surface area contributed by atoms with Gasteiger partial charge in [0.15, 0.2) is 0 Å². The summed E-state index contributed by atoms with van der Waals surface area (Å²) in [5, 5.41) is 3.20. The van der Waals surface area contributed by atoms with Gasteiger partial charge in [-0.2, -0.15) is 0 Å². The van der Waals surface area contributed by atoms with Crippen molar-refractivity contribution < 1.29 is 6.22 Å². The van der Waals surface area contributed by atoms with Gasteiger partial charge in [0.1, 0.15) is 0 Å². The molecule has 1 aromatic carbocycles. The minimum atomic E-state index is 0. The first-order valence-electron chi connectivity index (χ1n) is 10.2. The largest absolute Gasteiger partial charge is 0.349 e. The molecule has 1 aromatic rings. The zero-order chi connectivity index (χ0) is 17.4. The fraction of sp³-hybridized carbons (Fsp3) is 0.682. The molecule has 1 saturated heterocycles. The molecule has 2 unspecified atom stereocenters. The maximum atomic E-state index is 11.6. The number of piperidine rings is 1. The zero-order valence-electron chi connectivity index (χ0n) is 15.8. The molecule has 1 N–H and O–H groups in total. The molecule has 2 aliphatic carbocycles. The van der Waals surface area contributed by atoms with Gasteiger partial charge in [0, 0.05) is 19.8 Å². The van der Waals surface area contributed by atoms with Gasteiger partial charge in [0.25, 0.3) is 0 Å². The molecule has 0 bridgehead atoms. The Hall–Kier alpha value is -1.35. The summed E-state index contributed by atoms with van der Waals surface area (Å²) in [5.41, 5.74) is 3.13. The second kappa shape index (κ2) is 6.75. The Labute approximate surface area is 153 Å². The van der Waals surface area contributed by atoms with Crippen LogP contribution in [0.1, 0.15) is 77.4 Å². The third-order valence-corrected chi connectivity index (χ3v) is 7.29. The highest BCUT2D eigenvalue weighted by Crippen LogP contribution is 2.51. The van der Waals surface area contributed by atoms with Crippen LogP contribution in [-0.2, 0) is 10.2 Å². The number of hydrogen-bond donors (Lipinski definition) is 1. The van der Waals surface area contributed by atoms with Gasteiger partial charge in [0.05, 0.1) is 6.04 Å². The van der Waals surface area contributed by atoms with Gasteiger partial charge in [-0.3, -0.25) is 4.79 Å². The lowest BCUT2D eigenvalue weighted by atomic mass is 9.73. The molecule has 0 aromatic heterocycles. The van der Waals surface area contributed by atoms with Gasteiger partial charge in [-0.25, -0.2) is 0 Å². The van der Waals surface area contributed by atoms with Gasteiger partial charge in [-0.1, -0.05) is 37.1 Å². The quantitative estimate of drug-likeness (QED) is 0.881. The highest BCUT2D eigenvalue weighted by atomic mass is 16.1. The van der Waals surface area contributed by atoms with E-state index in [1.54, 1.807) is 6.92 Å². The number of fused-ring (bicyclic) bond motifs is 2. The summed E-state index contributed by atoms with van der Waals surface area (Å²) < 4.78 is 0. The number of amides is 1. The van der Waals surface area contributed by atoms with Crippen molar-refractivity contribution in [2.45, 2.75) is 76.3 Å². The summed E-state index contributed by atoms with van der Waals surface area (Å²) >= 11 is 0. The van der Waals surface area contributed by atoms with E-state index >= 15 is 0 Å². The van der Waals surface area contributed by atoms with Crippen molar-refractivity contribution in [3.63, 3.8) is 0 Å². The lowest BCUT2D eigenvalue weighted by Gasteiger charge is -2.44. The monoisotopic (exact) mass is 342 g/mol. The van der Waals surface area contributed by atoms with Crippen LogP contribution in [0, 0.1) is 5.92 Å². The lowest BCUT2D eigenvalue weighted by Crippen LogP contribution is -2.47. The van der Waals surface area contributed by atoms with E-state index in [0.717, 1.165) is 18.4 Å². The Kier molecular flexibility index (Phi) is 4.61. The van der Waals surface area contributed by atoms with Crippen molar-refractivity contribution >= 4 is 5.91 Å². The summed E-state index contributed by atoms with van der Waals surface area (Å²) in [6, 6.07) is 9.76. The Morgan fingerprint density at radius 3 is 2.60 bits per heavy atom. The second-order valence-corrected chi connectivity index (χ2v) is 8.65. The average Bonchev–Trinajstić information content (AvgIpc) is 3.23. The lowest BCUT2D eigenvalue weighted by molar-refractivity contribution is -0.119. The number of carbonyl (C=O) groups is 1. The number of nitrogens with zero attached hydrogens (tertiary/aromatic N) is 1. The van der Waals surface area contributed by atoms with Crippen molar-refractivity contribution in [2.75, 3.05) is 13.1 Å². The van der Waals surface area contributed by atoms with E-state index in [9.17, 15) is 4.79 Å². The molecule has 1 saturated carbocycles. The molecular weight excluding hydrogens is 308 g/mol. The van der Waals surface area contributed by atoms with Crippen LogP contribution >= 0.6 is 0 Å². The average molecular weight is 343 g/mol. The molecule has 1 heterocycles. The highest BCUT2D eigenvalue weighted by Gasteiger charge is 2.46. The smallest absolute Gasteiger partial charge is 0.217 e. The SMILES string of the molecule is CC(=O)NC1CC2(CCN(C(C)C3CCCC3)CC2)c2ccccc21.[HH]. The van der Waals surface area contributed by atoms with E-state index in [1.807, 2.05) is 0 Å². The first kappa shape index (κ1) is 17.1. The van der Waals surface area contributed by atoms with E-state index in [4.69, 9.17) is 0 Å². The van der Waals surface area contributed by atoms with E-state index in [0.29, 0.717) is 0 Å². The Morgan fingerprint density at radius 2 is 1.92 bits per heavy atom.